The smallest absolute Gasteiger partial charge is 0.410 e. The van der Waals surface area contributed by atoms with Crippen LogP contribution in [-0.4, -0.2) is 41.1 Å². The van der Waals surface area contributed by atoms with Gasteiger partial charge in [-0.1, -0.05) is 26.8 Å². The first-order chi connectivity index (χ1) is 13.7. The predicted octanol–water partition coefficient (Wildman–Crippen LogP) is 6.10. The molecule has 0 spiro atoms. The van der Waals surface area contributed by atoms with Crippen molar-refractivity contribution in [3.63, 3.8) is 0 Å². The molecule has 1 rings (SSSR count). The molecule has 0 unspecified atom stereocenters. The summed E-state index contributed by atoms with van der Waals surface area (Å²) in [5.41, 5.74) is 1.99. The lowest BCUT2D eigenvalue weighted by Crippen LogP contribution is -2.39. The number of amides is 1. The first kappa shape index (κ1) is 18.8. The SMILES string of the molecule is [2H]C([2H])(C)[C@@]([2H])(c1c(C)ccc(OC(=O)N(CCC)C(C)C)c1C)N(CC)C(C)C. The van der Waals surface area contributed by atoms with Crippen molar-refractivity contribution >= 4 is 6.09 Å². The molecule has 0 aliphatic heterocycles. The fourth-order valence-corrected chi connectivity index (χ4v) is 3.45. The monoisotopic (exact) mass is 379 g/mol. The molecule has 0 aliphatic carbocycles. The molecular formula is C23H40N2O2. The highest BCUT2D eigenvalue weighted by Gasteiger charge is 2.26. The molecule has 0 aliphatic rings. The zero-order valence-electron chi connectivity index (χ0n) is 21.6. The van der Waals surface area contributed by atoms with E-state index in [1.807, 2.05) is 66.4 Å². The second kappa shape index (κ2) is 10.7. The molecule has 27 heavy (non-hydrogen) atoms. The molecule has 0 radical (unpaired) electrons. The van der Waals surface area contributed by atoms with Crippen LogP contribution in [0.4, 0.5) is 4.79 Å². The van der Waals surface area contributed by atoms with Gasteiger partial charge in [0.25, 0.3) is 0 Å². The van der Waals surface area contributed by atoms with Gasteiger partial charge in [-0.3, -0.25) is 4.90 Å². The first-order valence-electron chi connectivity index (χ1n) is 11.6. The van der Waals surface area contributed by atoms with Crippen molar-refractivity contribution in [1.82, 2.24) is 9.80 Å². The number of ether oxygens (including phenoxy) is 1. The highest BCUT2D eigenvalue weighted by Crippen LogP contribution is 2.35. The minimum atomic E-state index is -1.85. The van der Waals surface area contributed by atoms with E-state index in [2.05, 4.69) is 0 Å². The number of rotatable bonds is 9. The molecule has 0 saturated carbocycles. The van der Waals surface area contributed by atoms with Crippen molar-refractivity contribution in [2.75, 3.05) is 13.1 Å². The Morgan fingerprint density at radius 1 is 1.15 bits per heavy atom. The highest BCUT2D eigenvalue weighted by molar-refractivity contribution is 5.71. The van der Waals surface area contributed by atoms with Crippen LogP contribution in [-0.2, 0) is 0 Å². The van der Waals surface area contributed by atoms with E-state index < -0.39 is 18.5 Å². The van der Waals surface area contributed by atoms with E-state index in [4.69, 9.17) is 7.48 Å². The third-order valence-corrected chi connectivity index (χ3v) is 4.87. The van der Waals surface area contributed by atoms with E-state index >= 15 is 0 Å². The molecule has 0 heterocycles. The molecule has 0 N–H and O–H groups in total. The summed E-state index contributed by atoms with van der Waals surface area (Å²) in [4.78, 5) is 16.3. The summed E-state index contributed by atoms with van der Waals surface area (Å²) in [6, 6.07) is 1.91. The summed E-state index contributed by atoms with van der Waals surface area (Å²) in [5, 5.41) is 0. The average molecular weight is 380 g/mol. The van der Waals surface area contributed by atoms with Crippen LogP contribution >= 0.6 is 0 Å². The molecule has 0 aromatic heterocycles. The number of carbonyl (C=O) groups is 1. The molecule has 1 aromatic carbocycles. The molecule has 1 atom stereocenters. The summed E-state index contributed by atoms with van der Waals surface area (Å²) in [6.45, 7) is 18.1. The molecule has 1 amide bonds. The standard InChI is InChI=1S/C23H40N2O2/c1-10-15-25(17(6)7)23(26)27-21-14-13-18(8)22(19(21)9)20(11-2)24(12-3)16(4)5/h13-14,16-17,20H,10-12,15H2,1-9H3/t20-/m0/s1/i11D2,20D. The van der Waals surface area contributed by atoms with Gasteiger partial charge in [-0.25, -0.2) is 4.79 Å². The maximum Gasteiger partial charge on any atom is 0.415 e. The Labute approximate surface area is 171 Å². The van der Waals surface area contributed by atoms with Gasteiger partial charge in [-0.15, -0.1) is 0 Å². The summed E-state index contributed by atoms with van der Waals surface area (Å²) in [5.74, 6) is 0.378. The number of hydrogen-bond donors (Lipinski definition) is 0. The number of carbonyl (C=O) groups excluding carboxylic acids is 1. The zero-order chi connectivity index (χ0) is 23.4. The Kier molecular flexibility index (Phi) is 7.45. The molecule has 154 valence electrons. The molecule has 0 saturated heterocycles. The number of hydrogen-bond acceptors (Lipinski definition) is 3. The van der Waals surface area contributed by atoms with Crippen molar-refractivity contribution in [1.29, 1.82) is 0 Å². The number of benzene rings is 1. The first-order valence-corrected chi connectivity index (χ1v) is 10.1. The second-order valence-electron chi connectivity index (χ2n) is 7.51. The molecule has 4 heteroatoms. The van der Waals surface area contributed by atoms with Crippen LogP contribution in [0.1, 0.15) is 88.1 Å². The minimum absolute atomic E-state index is 0.0132. The van der Waals surface area contributed by atoms with E-state index in [1.165, 1.54) is 6.92 Å². The maximum absolute atomic E-state index is 12.8. The Balaban J connectivity index is 3.60. The van der Waals surface area contributed by atoms with Crippen LogP contribution in [0.5, 0.6) is 5.75 Å². The van der Waals surface area contributed by atoms with E-state index in [9.17, 15) is 6.17 Å². The van der Waals surface area contributed by atoms with Crippen LogP contribution in [0.25, 0.3) is 0 Å². The van der Waals surface area contributed by atoms with Crippen LogP contribution in [0.15, 0.2) is 12.1 Å². The summed E-state index contributed by atoms with van der Waals surface area (Å²) < 4.78 is 32.3. The third-order valence-electron chi connectivity index (χ3n) is 4.87. The second-order valence-corrected chi connectivity index (χ2v) is 7.51. The van der Waals surface area contributed by atoms with E-state index in [-0.39, 0.29) is 12.1 Å². The number of nitrogens with zero attached hydrogens (tertiary/aromatic N) is 2. The van der Waals surface area contributed by atoms with Crippen molar-refractivity contribution in [2.45, 2.75) is 93.2 Å². The lowest BCUT2D eigenvalue weighted by atomic mass is 9.92. The lowest BCUT2D eigenvalue weighted by molar-refractivity contribution is 0.137. The normalized spacial score (nSPS) is 16.1. The Hall–Kier alpha value is -1.55. The van der Waals surface area contributed by atoms with Gasteiger partial charge in [0.1, 0.15) is 5.75 Å². The Bertz CT molecular complexity index is 732. The van der Waals surface area contributed by atoms with Crippen molar-refractivity contribution in [2.24, 2.45) is 0 Å². The van der Waals surface area contributed by atoms with Crippen LogP contribution < -0.4 is 4.74 Å². The zero-order valence-corrected chi connectivity index (χ0v) is 18.6. The van der Waals surface area contributed by atoms with Crippen molar-refractivity contribution in [3.8, 4) is 5.75 Å². The van der Waals surface area contributed by atoms with E-state index in [1.54, 1.807) is 11.0 Å². The summed E-state index contributed by atoms with van der Waals surface area (Å²) in [6.07, 6.45) is -1.44. The van der Waals surface area contributed by atoms with Gasteiger partial charge in [0, 0.05) is 27.4 Å². The molecule has 0 fully saturated rings. The lowest BCUT2D eigenvalue weighted by Gasteiger charge is -2.36. The third kappa shape index (κ3) is 5.71. The van der Waals surface area contributed by atoms with Crippen LogP contribution in [0.2, 0.25) is 0 Å². The summed E-state index contributed by atoms with van der Waals surface area (Å²) >= 11 is 0. The van der Waals surface area contributed by atoms with Crippen LogP contribution in [0.3, 0.4) is 0 Å². The Morgan fingerprint density at radius 3 is 2.22 bits per heavy atom. The average Bonchev–Trinajstić information content (AvgIpc) is 2.61. The number of aryl methyl sites for hydroxylation is 1. The topological polar surface area (TPSA) is 32.8 Å². The van der Waals surface area contributed by atoms with Crippen molar-refractivity contribution < 1.29 is 13.6 Å². The molecule has 1 aromatic rings. The van der Waals surface area contributed by atoms with Gasteiger partial charge in [-0.2, -0.15) is 0 Å². The highest BCUT2D eigenvalue weighted by atomic mass is 16.6. The summed E-state index contributed by atoms with van der Waals surface area (Å²) in [7, 11) is 0. The van der Waals surface area contributed by atoms with E-state index in [0.29, 0.717) is 30.0 Å². The van der Waals surface area contributed by atoms with Gasteiger partial charge in [0.05, 0.1) is 1.37 Å². The van der Waals surface area contributed by atoms with Gasteiger partial charge in [-0.05, 0) is 83.6 Å². The minimum Gasteiger partial charge on any atom is -0.410 e. The van der Waals surface area contributed by atoms with Gasteiger partial charge < -0.3 is 9.64 Å². The van der Waals surface area contributed by atoms with E-state index in [0.717, 1.165) is 12.0 Å². The maximum atomic E-state index is 12.8. The van der Waals surface area contributed by atoms with Crippen LogP contribution in [0, 0.1) is 13.8 Å². The predicted molar refractivity (Wildman–Crippen MR) is 115 cm³/mol. The molecule has 4 nitrogen and oxygen atoms in total. The van der Waals surface area contributed by atoms with Gasteiger partial charge in [0.2, 0.25) is 0 Å². The van der Waals surface area contributed by atoms with Crippen molar-refractivity contribution in [3.05, 3.63) is 28.8 Å². The largest absolute Gasteiger partial charge is 0.415 e. The van der Waals surface area contributed by atoms with Gasteiger partial charge in [0.15, 0.2) is 0 Å². The van der Waals surface area contributed by atoms with Gasteiger partial charge >= 0.3 is 6.09 Å². The fraction of sp³-hybridized carbons (Fsp3) is 0.696. The fourth-order valence-electron chi connectivity index (χ4n) is 3.45. The Morgan fingerprint density at radius 2 is 1.78 bits per heavy atom. The molecular weight excluding hydrogens is 336 g/mol. The quantitative estimate of drug-likeness (QED) is 0.519. The molecule has 0 bridgehead atoms.